The van der Waals surface area contributed by atoms with E-state index in [0.717, 1.165) is 18.5 Å². The highest BCUT2D eigenvalue weighted by atomic mass is 16.3. The molecule has 0 fully saturated rings. The molecule has 0 saturated carbocycles. The number of hydrogen-bond donors (Lipinski definition) is 5. The van der Waals surface area contributed by atoms with Crippen molar-refractivity contribution in [3.05, 3.63) is 57.6 Å². The lowest BCUT2D eigenvalue weighted by Crippen LogP contribution is -2.63. The van der Waals surface area contributed by atoms with Crippen LogP contribution in [0.3, 0.4) is 0 Å². The number of phenols is 1. The van der Waals surface area contributed by atoms with Gasteiger partial charge in [-0.15, -0.1) is 0 Å². The van der Waals surface area contributed by atoms with Crippen LogP contribution in [0, 0.1) is 11.8 Å². The summed E-state index contributed by atoms with van der Waals surface area (Å²) in [6.07, 6.45) is 5.98. The molecule has 1 amide bonds. The first-order valence-corrected chi connectivity index (χ1v) is 12.7. The molecule has 0 aliphatic heterocycles. The van der Waals surface area contributed by atoms with Crippen molar-refractivity contribution in [3.63, 3.8) is 0 Å². The minimum absolute atomic E-state index is 0.0484. The second-order valence-electron chi connectivity index (χ2n) is 11.2. The minimum atomic E-state index is -2.64. The van der Waals surface area contributed by atoms with Crippen LogP contribution in [0.15, 0.2) is 40.9 Å². The summed E-state index contributed by atoms with van der Waals surface area (Å²) in [5, 5.41) is 45.4. The first kappa shape index (κ1) is 26.0. The van der Waals surface area contributed by atoms with Crippen molar-refractivity contribution in [3.8, 4) is 5.75 Å². The molecule has 5 rings (SSSR count). The van der Waals surface area contributed by atoms with Crippen LogP contribution >= 0.6 is 0 Å². The molecule has 38 heavy (non-hydrogen) atoms. The second kappa shape index (κ2) is 8.71. The number of benzene rings is 1. The quantitative estimate of drug-likeness (QED) is 0.291. The molecule has 4 aliphatic carbocycles. The Balaban J connectivity index is 1.74. The Kier molecular flexibility index (Phi) is 5.96. The number of carbonyl (C=O) groups excluding carboxylic acids is 3. The van der Waals surface area contributed by atoms with Gasteiger partial charge >= 0.3 is 0 Å². The third-order valence-electron chi connectivity index (χ3n) is 8.62. The molecule has 6 N–H and O–H groups in total. The van der Waals surface area contributed by atoms with Gasteiger partial charge in [-0.25, -0.2) is 0 Å². The van der Waals surface area contributed by atoms with E-state index in [9.17, 15) is 34.8 Å². The number of aliphatic hydroxyl groups is 3. The second-order valence-corrected chi connectivity index (χ2v) is 11.2. The molecule has 5 atom stereocenters. The molecule has 4 aliphatic rings. The number of Topliss-reactive ketones (excluding diaryl/α,β-unsaturated/α-hetero) is 2. The lowest BCUT2D eigenvalue weighted by atomic mass is 9.58. The molecule has 0 saturated heterocycles. The van der Waals surface area contributed by atoms with Crippen molar-refractivity contribution in [1.29, 1.82) is 0 Å². The van der Waals surface area contributed by atoms with E-state index in [0.29, 0.717) is 11.1 Å². The van der Waals surface area contributed by atoms with Gasteiger partial charge in [0.05, 0.1) is 11.6 Å². The molecule has 10 heteroatoms. The smallest absolute Gasteiger partial charge is 0.255 e. The molecule has 0 bridgehead atoms. The van der Waals surface area contributed by atoms with E-state index in [1.54, 1.807) is 14.1 Å². The molecular weight excluding hydrogens is 490 g/mol. The summed E-state index contributed by atoms with van der Waals surface area (Å²) >= 11 is 0. The van der Waals surface area contributed by atoms with E-state index in [1.165, 1.54) is 4.90 Å². The number of allylic oxidation sites excluding steroid dienone is 3. The topological polar surface area (TPSA) is 165 Å². The van der Waals surface area contributed by atoms with E-state index in [-0.39, 0.29) is 35.6 Å². The number of phenolic OH excluding ortho intramolecular Hbond substituents is 1. The Bertz CT molecular complexity index is 1370. The van der Waals surface area contributed by atoms with Gasteiger partial charge in [0.2, 0.25) is 5.78 Å². The summed E-state index contributed by atoms with van der Waals surface area (Å²) in [7, 11) is 6.91. The van der Waals surface area contributed by atoms with Crippen LogP contribution in [0.4, 0.5) is 5.69 Å². The monoisotopic (exact) mass is 523 g/mol. The van der Waals surface area contributed by atoms with Gasteiger partial charge in [-0.05, 0) is 57.3 Å². The van der Waals surface area contributed by atoms with Crippen LogP contribution in [-0.4, -0.2) is 82.6 Å². The summed E-state index contributed by atoms with van der Waals surface area (Å²) in [5.74, 6) is -6.47. The van der Waals surface area contributed by atoms with Gasteiger partial charge in [0, 0.05) is 42.8 Å². The molecule has 0 heterocycles. The maximum atomic E-state index is 14.0. The SMILES string of the molecule is CN(C)c1cc(C2C=CCC2)c(O)c2c1C[C@H]1C[C@H]3[C@H](N(C)C)C(O)=C(C(N)=O)C(=O)[C@@]3(O)C(O)=C1C2=O. The molecule has 0 spiro atoms. The van der Waals surface area contributed by atoms with Crippen molar-refractivity contribution in [2.45, 2.75) is 43.2 Å². The van der Waals surface area contributed by atoms with Gasteiger partial charge in [0.15, 0.2) is 11.4 Å². The standard InChI is InChI=1S/C28H33N3O7/c1-30(2)17-11-14(12-7-5-6-8-12)22(32)19-15(17)9-13-10-16-21(31(3)4)24(34)20(27(29)37)26(36)28(16,38)25(35)18(13)23(19)33/h5,7,11-13,16,21,32,34-35,38H,6,8-10H2,1-4H3,(H2,29,37)/t12?,13-,16-,21-,28-/m0/s1. The number of primary amides is 1. The molecule has 0 aromatic heterocycles. The average Bonchev–Trinajstić information content (AvgIpc) is 3.35. The van der Waals surface area contributed by atoms with Crippen molar-refractivity contribution in [1.82, 2.24) is 4.90 Å². The Morgan fingerprint density at radius 1 is 1.13 bits per heavy atom. The van der Waals surface area contributed by atoms with Crippen LogP contribution < -0.4 is 10.6 Å². The Labute approximate surface area is 220 Å². The van der Waals surface area contributed by atoms with Gasteiger partial charge in [-0.3, -0.25) is 19.3 Å². The molecule has 10 nitrogen and oxygen atoms in total. The summed E-state index contributed by atoms with van der Waals surface area (Å²) < 4.78 is 0. The van der Waals surface area contributed by atoms with Crippen molar-refractivity contribution < 1.29 is 34.8 Å². The number of aliphatic hydroxyl groups excluding tert-OH is 2. The zero-order valence-electron chi connectivity index (χ0n) is 21.9. The highest BCUT2D eigenvalue weighted by Crippen LogP contribution is 2.54. The van der Waals surface area contributed by atoms with Gasteiger partial charge in [-0.2, -0.15) is 0 Å². The van der Waals surface area contributed by atoms with Gasteiger partial charge in [0.1, 0.15) is 22.8 Å². The molecule has 1 aromatic rings. The molecule has 202 valence electrons. The number of rotatable bonds is 4. The van der Waals surface area contributed by atoms with Crippen LogP contribution in [0.5, 0.6) is 5.75 Å². The lowest BCUT2D eigenvalue weighted by molar-refractivity contribution is -0.148. The summed E-state index contributed by atoms with van der Waals surface area (Å²) in [5.41, 5.74) is 3.82. The Morgan fingerprint density at radius 3 is 2.37 bits per heavy atom. The van der Waals surface area contributed by atoms with Gasteiger partial charge in [-0.1, -0.05) is 12.2 Å². The number of nitrogens with zero attached hydrogens (tertiary/aromatic N) is 2. The molecule has 1 aromatic carbocycles. The fourth-order valence-electron chi connectivity index (χ4n) is 6.89. The van der Waals surface area contributed by atoms with Crippen molar-refractivity contribution >= 4 is 23.2 Å². The van der Waals surface area contributed by atoms with Crippen molar-refractivity contribution in [2.75, 3.05) is 33.1 Å². The van der Waals surface area contributed by atoms with E-state index >= 15 is 0 Å². The number of ketones is 2. The number of fused-ring (bicyclic) bond motifs is 3. The lowest BCUT2D eigenvalue weighted by Gasteiger charge is -2.50. The van der Waals surface area contributed by atoms with Crippen LogP contribution in [-0.2, 0) is 16.0 Å². The number of aromatic hydroxyl groups is 1. The average molecular weight is 524 g/mol. The number of carbonyl (C=O) groups is 3. The van der Waals surface area contributed by atoms with E-state index in [1.807, 2.05) is 37.2 Å². The first-order valence-electron chi connectivity index (χ1n) is 12.7. The Hall–Kier alpha value is -3.63. The number of anilines is 1. The fraction of sp³-hybridized carbons (Fsp3) is 0.464. The summed E-state index contributed by atoms with van der Waals surface area (Å²) in [6.45, 7) is 0. The first-order chi connectivity index (χ1) is 17.8. The number of amides is 1. The number of likely N-dealkylation sites (N-methyl/N-ethyl adjacent to an activating group) is 1. The van der Waals surface area contributed by atoms with E-state index in [4.69, 9.17) is 5.73 Å². The van der Waals surface area contributed by atoms with Gasteiger partial charge in [0.25, 0.3) is 5.91 Å². The zero-order chi connectivity index (χ0) is 27.8. The van der Waals surface area contributed by atoms with E-state index in [2.05, 4.69) is 0 Å². The highest BCUT2D eigenvalue weighted by Gasteiger charge is 2.63. The van der Waals surface area contributed by atoms with Crippen LogP contribution in [0.25, 0.3) is 0 Å². The number of hydrogen-bond acceptors (Lipinski definition) is 9. The zero-order valence-corrected chi connectivity index (χ0v) is 21.9. The maximum Gasteiger partial charge on any atom is 0.255 e. The summed E-state index contributed by atoms with van der Waals surface area (Å²) in [4.78, 5) is 43.0. The predicted molar refractivity (Wildman–Crippen MR) is 139 cm³/mol. The van der Waals surface area contributed by atoms with Crippen molar-refractivity contribution in [2.24, 2.45) is 17.6 Å². The number of nitrogens with two attached hydrogens (primary N) is 1. The van der Waals surface area contributed by atoms with Crippen LogP contribution in [0.1, 0.15) is 46.7 Å². The molecule has 1 unspecified atom stereocenters. The third kappa shape index (κ3) is 3.36. The largest absolute Gasteiger partial charge is 0.510 e. The minimum Gasteiger partial charge on any atom is -0.510 e. The highest BCUT2D eigenvalue weighted by molar-refractivity contribution is 6.25. The fourth-order valence-corrected chi connectivity index (χ4v) is 6.89. The van der Waals surface area contributed by atoms with Gasteiger partial charge < -0.3 is 31.1 Å². The predicted octanol–water partition coefficient (Wildman–Crippen LogP) is 1.62. The normalized spacial score (nSPS) is 30.5. The Morgan fingerprint density at radius 2 is 1.82 bits per heavy atom. The maximum absolute atomic E-state index is 14.0. The van der Waals surface area contributed by atoms with Crippen LogP contribution in [0.2, 0.25) is 0 Å². The molecule has 0 radical (unpaired) electrons. The van der Waals surface area contributed by atoms with E-state index < -0.39 is 58.0 Å². The summed E-state index contributed by atoms with van der Waals surface area (Å²) in [6, 6.07) is 0.884. The molecular formula is C28H33N3O7. The third-order valence-corrected chi connectivity index (χ3v) is 8.62.